The molecule has 6 heteroatoms. The van der Waals surface area contributed by atoms with Crippen LogP contribution in [0.4, 0.5) is 0 Å². The normalized spacial score (nSPS) is 15.9. The maximum absolute atomic E-state index is 10.8. The van der Waals surface area contributed by atoms with E-state index in [0.29, 0.717) is 11.6 Å². The number of rotatable bonds is 1. The van der Waals surface area contributed by atoms with E-state index >= 15 is 0 Å². The van der Waals surface area contributed by atoms with Crippen LogP contribution >= 0.6 is 0 Å². The first-order valence-electron chi connectivity index (χ1n) is 4.21. The van der Waals surface area contributed by atoms with Gasteiger partial charge in [-0.15, -0.1) is 0 Å². The molecule has 0 aromatic carbocycles. The second kappa shape index (κ2) is 3.13. The van der Waals surface area contributed by atoms with Gasteiger partial charge in [0, 0.05) is 0 Å². The van der Waals surface area contributed by atoms with Crippen molar-refractivity contribution in [1.29, 1.82) is 0 Å². The number of nitrogens with zero attached hydrogens (tertiary/aromatic N) is 2. The molecule has 0 saturated heterocycles. The SMILES string of the molecule is Cc1noc(C)c1C1=NCC(=O)NN1. The third kappa shape index (κ3) is 1.34. The Bertz CT molecular complexity index is 388. The Kier molecular flexibility index (Phi) is 1.95. The van der Waals surface area contributed by atoms with Crippen molar-refractivity contribution in [2.45, 2.75) is 13.8 Å². The zero-order chi connectivity index (χ0) is 10.1. The number of carbonyl (C=O) groups excluding carboxylic acids is 1. The van der Waals surface area contributed by atoms with Crippen LogP contribution in [-0.4, -0.2) is 23.4 Å². The summed E-state index contributed by atoms with van der Waals surface area (Å²) in [6, 6.07) is 0. The standard InChI is InChI=1S/C8H10N4O2/c1-4-7(5(2)14-12-4)8-9-3-6(13)10-11-8/h3H2,1-2H3,(H,9,11)(H,10,13). The molecule has 1 amide bonds. The summed E-state index contributed by atoms with van der Waals surface area (Å²) in [5.41, 5.74) is 6.75. The van der Waals surface area contributed by atoms with Gasteiger partial charge in [0.05, 0.1) is 11.3 Å². The van der Waals surface area contributed by atoms with Crippen molar-refractivity contribution in [3.8, 4) is 0 Å². The molecule has 2 N–H and O–H groups in total. The van der Waals surface area contributed by atoms with E-state index in [1.54, 1.807) is 6.92 Å². The zero-order valence-electron chi connectivity index (χ0n) is 7.92. The van der Waals surface area contributed by atoms with E-state index in [0.717, 1.165) is 11.3 Å². The lowest BCUT2D eigenvalue weighted by atomic mass is 10.2. The predicted octanol–water partition coefficient (Wildman–Crippen LogP) is -0.328. The van der Waals surface area contributed by atoms with Gasteiger partial charge >= 0.3 is 0 Å². The highest BCUT2D eigenvalue weighted by molar-refractivity contribution is 6.03. The fourth-order valence-corrected chi connectivity index (χ4v) is 1.32. The monoisotopic (exact) mass is 194 g/mol. The number of aliphatic imine (C=N–C) groups is 1. The first-order chi connectivity index (χ1) is 6.68. The molecule has 1 aromatic heterocycles. The van der Waals surface area contributed by atoms with Gasteiger partial charge in [-0.05, 0) is 13.8 Å². The van der Waals surface area contributed by atoms with Crippen LogP contribution in [0.15, 0.2) is 9.52 Å². The number of hydrogen-bond acceptors (Lipinski definition) is 5. The van der Waals surface area contributed by atoms with E-state index in [2.05, 4.69) is 21.0 Å². The maximum Gasteiger partial charge on any atom is 0.260 e. The summed E-state index contributed by atoms with van der Waals surface area (Å²) in [5.74, 6) is 1.13. The Morgan fingerprint density at radius 2 is 2.14 bits per heavy atom. The lowest BCUT2D eigenvalue weighted by Crippen LogP contribution is -2.47. The van der Waals surface area contributed by atoms with Gasteiger partial charge in [-0.1, -0.05) is 5.16 Å². The van der Waals surface area contributed by atoms with Crippen LogP contribution in [0.25, 0.3) is 0 Å². The Morgan fingerprint density at radius 1 is 1.36 bits per heavy atom. The van der Waals surface area contributed by atoms with Crippen molar-refractivity contribution >= 4 is 11.7 Å². The molecule has 0 radical (unpaired) electrons. The van der Waals surface area contributed by atoms with Gasteiger partial charge in [0.25, 0.3) is 5.91 Å². The molecule has 0 saturated carbocycles. The van der Waals surface area contributed by atoms with Gasteiger partial charge in [0.15, 0.2) is 5.84 Å². The number of carbonyl (C=O) groups is 1. The first kappa shape index (κ1) is 8.74. The van der Waals surface area contributed by atoms with Crippen molar-refractivity contribution in [2.24, 2.45) is 4.99 Å². The Balaban J connectivity index is 2.36. The number of amidine groups is 1. The molecular formula is C8H10N4O2. The molecule has 0 bridgehead atoms. The molecule has 74 valence electrons. The predicted molar refractivity (Wildman–Crippen MR) is 48.7 cm³/mol. The van der Waals surface area contributed by atoms with Crippen LogP contribution in [0.1, 0.15) is 17.0 Å². The third-order valence-electron chi connectivity index (χ3n) is 1.97. The largest absolute Gasteiger partial charge is 0.361 e. The number of amides is 1. The highest BCUT2D eigenvalue weighted by atomic mass is 16.5. The van der Waals surface area contributed by atoms with Crippen molar-refractivity contribution in [2.75, 3.05) is 6.54 Å². The average Bonchev–Trinajstić information content (AvgIpc) is 2.49. The second-order valence-electron chi connectivity index (χ2n) is 3.04. The highest BCUT2D eigenvalue weighted by Crippen LogP contribution is 2.12. The molecule has 0 atom stereocenters. The molecule has 1 aliphatic rings. The quantitative estimate of drug-likeness (QED) is 0.641. The smallest absolute Gasteiger partial charge is 0.260 e. The molecule has 2 rings (SSSR count). The topological polar surface area (TPSA) is 79.5 Å². The van der Waals surface area contributed by atoms with Gasteiger partial charge in [0.2, 0.25) is 0 Å². The van der Waals surface area contributed by atoms with Crippen LogP contribution in [-0.2, 0) is 4.79 Å². The van der Waals surface area contributed by atoms with E-state index in [1.165, 1.54) is 0 Å². The van der Waals surface area contributed by atoms with E-state index in [-0.39, 0.29) is 12.5 Å². The van der Waals surface area contributed by atoms with Crippen LogP contribution in [0, 0.1) is 13.8 Å². The van der Waals surface area contributed by atoms with E-state index in [9.17, 15) is 4.79 Å². The Labute approximate surface area is 80.3 Å². The van der Waals surface area contributed by atoms with E-state index in [4.69, 9.17) is 4.52 Å². The van der Waals surface area contributed by atoms with Crippen molar-refractivity contribution in [3.05, 3.63) is 17.0 Å². The lowest BCUT2D eigenvalue weighted by molar-refractivity contribution is -0.120. The summed E-state index contributed by atoms with van der Waals surface area (Å²) in [5, 5.41) is 3.80. The summed E-state index contributed by atoms with van der Waals surface area (Å²) < 4.78 is 4.99. The van der Waals surface area contributed by atoms with Gasteiger partial charge in [-0.3, -0.25) is 20.6 Å². The third-order valence-corrected chi connectivity index (χ3v) is 1.97. The van der Waals surface area contributed by atoms with Crippen LogP contribution in [0.5, 0.6) is 0 Å². The van der Waals surface area contributed by atoms with Crippen LogP contribution in [0.3, 0.4) is 0 Å². The number of aryl methyl sites for hydroxylation is 2. The highest BCUT2D eigenvalue weighted by Gasteiger charge is 2.18. The zero-order valence-corrected chi connectivity index (χ0v) is 7.92. The molecule has 0 unspecified atom stereocenters. The molecule has 1 aromatic rings. The fraction of sp³-hybridized carbons (Fsp3) is 0.375. The molecule has 0 spiro atoms. The minimum atomic E-state index is -0.152. The van der Waals surface area contributed by atoms with Crippen molar-refractivity contribution in [3.63, 3.8) is 0 Å². The lowest BCUT2D eigenvalue weighted by Gasteiger charge is -2.14. The molecule has 14 heavy (non-hydrogen) atoms. The van der Waals surface area contributed by atoms with Crippen molar-refractivity contribution < 1.29 is 9.32 Å². The summed E-state index contributed by atoms with van der Waals surface area (Å²) in [6.07, 6.45) is 0. The summed E-state index contributed by atoms with van der Waals surface area (Å²) in [7, 11) is 0. The molecule has 2 heterocycles. The molecule has 1 aliphatic heterocycles. The molecule has 6 nitrogen and oxygen atoms in total. The van der Waals surface area contributed by atoms with E-state index in [1.807, 2.05) is 6.92 Å². The van der Waals surface area contributed by atoms with Gasteiger partial charge in [-0.25, -0.2) is 0 Å². The minimum absolute atomic E-state index is 0.131. The Hall–Kier alpha value is -1.85. The maximum atomic E-state index is 10.8. The number of hydrazine groups is 1. The van der Waals surface area contributed by atoms with Crippen LogP contribution < -0.4 is 10.9 Å². The molecular weight excluding hydrogens is 184 g/mol. The van der Waals surface area contributed by atoms with Gasteiger partial charge in [-0.2, -0.15) is 0 Å². The average molecular weight is 194 g/mol. The fourth-order valence-electron chi connectivity index (χ4n) is 1.32. The Morgan fingerprint density at radius 3 is 2.64 bits per heavy atom. The number of hydrogen-bond donors (Lipinski definition) is 2. The summed E-state index contributed by atoms with van der Waals surface area (Å²) >= 11 is 0. The second-order valence-corrected chi connectivity index (χ2v) is 3.04. The van der Waals surface area contributed by atoms with E-state index < -0.39 is 0 Å². The molecule has 0 aliphatic carbocycles. The van der Waals surface area contributed by atoms with Crippen molar-refractivity contribution in [1.82, 2.24) is 16.0 Å². The molecule has 0 fully saturated rings. The van der Waals surface area contributed by atoms with Gasteiger partial charge < -0.3 is 4.52 Å². The van der Waals surface area contributed by atoms with Crippen LogP contribution in [0.2, 0.25) is 0 Å². The summed E-state index contributed by atoms with van der Waals surface area (Å²) in [4.78, 5) is 14.9. The number of aromatic nitrogens is 1. The van der Waals surface area contributed by atoms with Gasteiger partial charge in [0.1, 0.15) is 12.3 Å². The minimum Gasteiger partial charge on any atom is -0.361 e. The first-order valence-corrected chi connectivity index (χ1v) is 4.21. The summed E-state index contributed by atoms with van der Waals surface area (Å²) in [6.45, 7) is 3.76. The number of nitrogens with one attached hydrogen (secondary N) is 2.